The zero-order valence-electron chi connectivity index (χ0n) is 7.51. The Bertz CT molecular complexity index is 383. The molecule has 0 saturated heterocycles. The van der Waals surface area contributed by atoms with Crippen molar-refractivity contribution < 1.29 is 13.2 Å². The quantitative estimate of drug-likeness (QED) is 0.741. The minimum atomic E-state index is -4.43. The molecule has 0 atom stereocenters. The Hall–Kier alpha value is -1.11. The lowest BCUT2D eigenvalue weighted by Crippen LogP contribution is -2.16. The monoisotopic (exact) mass is 223 g/mol. The van der Waals surface area contributed by atoms with E-state index in [0.717, 1.165) is 6.07 Å². The van der Waals surface area contributed by atoms with Crippen molar-refractivity contribution in [3.63, 3.8) is 0 Å². The van der Waals surface area contributed by atoms with Crippen LogP contribution in [0.1, 0.15) is 5.69 Å². The molecular formula is C7H8F3N3S. The molecular weight excluding hydrogens is 215 g/mol. The van der Waals surface area contributed by atoms with Crippen LogP contribution >= 0.6 is 12.2 Å². The van der Waals surface area contributed by atoms with Crippen LogP contribution in [0.4, 0.5) is 19.1 Å². The van der Waals surface area contributed by atoms with Crippen LogP contribution in [0.3, 0.4) is 0 Å². The Morgan fingerprint density at radius 2 is 2.00 bits per heavy atom. The van der Waals surface area contributed by atoms with E-state index in [1.165, 1.54) is 4.90 Å². The van der Waals surface area contributed by atoms with Crippen molar-refractivity contribution >= 4 is 18.2 Å². The number of aromatic amines is 1. The molecule has 3 nitrogen and oxygen atoms in total. The summed E-state index contributed by atoms with van der Waals surface area (Å²) >= 11 is 4.62. The van der Waals surface area contributed by atoms with Gasteiger partial charge in [-0.2, -0.15) is 13.2 Å². The number of hydrogen-bond donors (Lipinski definition) is 1. The predicted molar refractivity (Wildman–Crippen MR) is 48.8 cm³/mol. The molecule has 1 aromatic heterocycles. The lowest BCUT2D eigenvalue weighted by atomic mass is 10.4. The zero-order chi connectivity index (χ0) is 10.9. The summed E-state index contributed by atoms with van der Waals surface area (Å²) in [7, 11) is 3.15. The molecule has 78 valence electrons. The molecule has 0 bridgehead atoms. The number of H-pyrrole nitrogens is 1. The topological polar surface area (TPSA) is 31.9 Å². The second kappa shape index (κ2) is 3.56. The smallest absolute Gasteiger partial charge is 0.349 e. The molecule has 0 amide bonds. The van der Waals surface area contributed by atoms with E-state index in [9.17, 15) is 13.2 Å². The van der Waals surface area contributed by atoms with E-state index in [0.29, 0.717) is 0 Å². The van der Waals surface area contributed by atoms with Crippen LogP contribution in [0.15, 0.2) is 6.07 Å². The number of rotatable bonds is 1. The van der Waals surface area contributed by atoms with Crippen LogP contribution < -0.4 is 4.90 Å². The van der Waals surface area contributed by atoms with Gasteiger partial charge in [0.15, 0.2) is 0 Å². The highest BCUT2D eigenvalue weighted by Gasteiger charge is 2.32. The first-order valence-corrected chi connectivity index (χ1v) is 4.07. The maximum Gasteiger partial charge on any atom is 0.431 e. The van der Waals surface area contributed by atoms with Gasteiger partial charge in [0.25, 0.3) is 0 Å². The Balaban J connectivity index is 3.28. The number of aromatic nitrogens is 2. The number of nitrogens with zero attached hydrogens (tertiary/aromatic N) is 2. The SMILES string of the molecule is CN(C)c1nc(=S)cc(C(F)(F)F)[nH]1. The number of anilines is 1. The number of hydrogen-bond acceptors (Lipinski definition) is 3. The molecule has 0 aliphatic rings. The fourth-order valence-corrected chi connectivity index (χ4v) is 1.01. The maximum absolute atomic E-state index is 12.3. The van der Waals surface area contributed by atoms with Crippen LogP contribution in [0.5, 0.6) is 0 Å². The number of nitrogens with one attached hydrogen (secondary N) is 1. The average molecular weight is 223 g/mol. The van der Waals surface area contributed by atoms with Crippen LogP contribution in [-0.4, -0.2) is 24.1 Å². The summed E-state index contributed by atoms with van der Waals surface area (Å²) in [5.74, 6) is 0.0878. The zero-order valence-corrected chi connectivity index (χ0v) is 8.33. The largest absolute Gasteiger partial charge is 0.431 e. The molecule has 14 heavy (non-hydrogen) atoms. The second-order valence-electron chi connectivity index (χ2n) is 2.85. The lowest BCUT2D eigenvalue weighted by molar-refractivity contribution is -0.141. The van der Waals surface area contributed by atoms with Gasteiger partial charge in [0.1, 0.15) is 10.3 Å². The molecule has 0 aliphatic carbocycles. The normalized spacial score (nSPS) is 11.5. The summed E-state index contributed by atoms with van der Waals surface area (Å²) in [5, 5.41) is 0. The van der Waals surface area contributed by atoms with Crippen molar-refractivity contribution in [3.05, 3.63) is 16.4 Å². The van der Waals surface area contributed by atoms with Crippen LogP contribution in [0.25, 0.3) is 0 Å². The summed E-state index contributed by atoms with van der Waals surface area (Å²) in [6.07, 6.45) is -4.43. The predicted octanol–water partition coefficient (Wildman–Crippen LogP) is 2.22. The van der Waals surface area contributed by atoms with Crippen LogP contribution in [0.2, 0.25) is 0 Å². The van der Waals surface area contributed by atoms with Crippen molar-refractivity contribution in [1.82, 2.24) is 9.97 Å². The highest BCUT2D eigenvalue weighted by atomic mass is 32.1. The second-order valence-corrected chi connectivity index (χ2v) is 3.27. The fraction of sp³-hybridized carbons (Fsp3) is 0.429. The summed E-state index contributed by atoms with van der Waals surface area (Å²) in [6.45, 7) is 0. The molecule has 0 saturated carbocycles. The molecule has 1 rings (SSSR count). The maximum atomic E-state index is 12.3. The molecule has 1 heterocycles. The first-order valence-electron chi connectivity index (χ1n) is 3.66. The van der Waals surface area contributed by atoms with Gasteiger partial charge in [-0.3, -0.25) is 0 Å². The molecule has 1 N–H and O–H groups in total. The van der Waals surface area contributed by atoms with E-state index in [-0.39, 0.29) is 10.6 Å². The van der Waals surface area contributed by atoms with E-state index < -0.39 is 11.9 Å². The van der Waals surface area contributed by atoms with Crippen LogP contribution in [-0.2, 0) is 6.18 Å². The Kier molecular flexibility index (Phi) is 2.79. The van der Waals surface area contributed by atoms with Gasteiger partial charge in [0.05, 0.1) is 0 Å². The average Bonchev–Trinajstić information content (AvgIpc) is 2.01. The minimum Gasteiger partial charge on any atom is -0.349 e. The Morgan fingerprint density at radius 3 is 2.43 bits per heavy atom. The van der Waals surface area contributed by atoms with Crippen molar-refractivity contribution in [1.29, 1.82) is 0 Å². The molecule has 1 aromatic rings. The van der Waals surface area contributed by atoms with E-state index in [2.05, 4.69) is 22.2 Å². The van der Waals surface area contributed by atoms with Crippen molar-refractivity contribution in [2.45, 2.75) is 6.18 Å². The Labute approximate surface area is 83.6 Å². The van der Waals surface area contributed by atoms with Gasteiger partial charge < -0.3 is 9.88 Å². The summed E-state index contributed by atoms with van der Waals surface area (Å²) in [4.78, 5) is 7.30. The molecule has 0 unspecified atom stereocenters. The van der Waals surface area contributed by atoms with Gasteiger partial charge in [0.2, 0.25) is 5.95 Å². The number of alkyl halides is 3. The van der Waals surface area contributed by atoms with Gasteiger partial charge in [-0.15, -0.1) is 0 Å². The Morgan fingerprint density at radius 1 is 1.43 bits per heavy atom. The molecule has 0 radical (unpaired) electrons. The van der Waals surface area contributed by atoms with Crippen molar-refractivity contribution in [2.75, 3.05) is 19.0 Å². The fourth-order valence-electron chi connectivity index (χ4n) is 0.809. The highest BCUT2D eigenvalue weighted by Crippen LogP contribution is 2.28. The lowest BCUT2D eigenvalue weighted by Gasteiger charge is -2.13. The summed E-state index contributed by atoms with van der Waals surface area (Å²) in [6, 6.07) is 0.794. The van der Waals surface area contributed by atoms with E-state index in [4.69, 9.17) is 0 Å². The van der Waals surface area contributed by atoms with Crippen molar-refractivity contribution in [2.24, 2.45) is 0 Å². The van der Waals surface area contributed by atoms with Gasteiger partial charge >= 0.3 is 6.18 Å². The third-order valence-electron chi connectivity index (χ3n) is 1.46. The van der Waals surface area contributed by atoms with Gasteiger partial charge in [0, 0.05) is 20.2 Å². The third kappa shape index (κ3) is 2.44. The minimum absolute atomic E-state index is 0.0835. The third-order valence-corrected chi connectivity index (χ3v) is 1.67. The molecule has 0 fully saturated rings. The number of halogens is 3. The van der Waals surface area contributed by atoms with Crippen molar-refractivity contribution in [3.8, 4) is 0 Å². The van der Waals surface area contributed by atoms with Gasteiger partial charge in [-0.05, 0) is 0 Å². The van der Waals surface area contributed by atoms with E-state index in [1.54, 1.807) is 14.1 Å². The highest BCUT2D eigenvalue weighted by molar-refractivity contribution is 7.71. The standard InChI is InChI=1S/C7H8F3N3S/c1-13(2)6-11-4(7(8,9)10)3-5(14)12-6/h3H,1-2H3,(H,11,12,14). The summed E-state index contributed by atoms with van der Waals surface area (Å²) < 4.78 is 36.8. The van der Waals surface area contributed by atoms with E-state index >= 15 is 0 Å². The first-order chi connectivity index (χ1) is 6.30. The van der Waals surface area contributed by atoms with Crippen LogP contribution in [0, 0.1) is 4.64 Å². The molecule has 0 spiro atoms. The van der Waals surface area contributed by atoms with Gasteiger partial charge in [-0.25, -0.2) is 4.98 Å². The molecule has 0 aromatic carbocycles. The van der Waals surface area contributed by atoms with Gasteiger partial charge in [-0.1, -0.05) is 12.2 Å². The first kappa shape index (κ1) is 11.0. The molecule has 7 heteroatoms. The summed E-state index contributed by atoms with van der Waals surface area (Å²) in [5.41, 5.74) is -0.888. The van der Waals surface area contributed by atoms with E-state index in [1.807, 2.05) is 0 Å². The molecule has 0 aliphatic heterocycles.